The molecule has 5 nitrogen and oxygen atoms in total. The number of aryl methyl sites for hydroxylation is 2. The molecule has 0 saturated heterocycles. The molecule has 140 valence electrons. The number of amides is 1. The first-order valence-electron chi connectivity index (χ1n) is 8.21. The molecule has 2 aromatic carbocycles. The van der Waals surface area contributed by atoms with E-state index in [-0.39, 0.29) is 31.2 Å². The van der Waals surface area contributed by atoms with Crippen molar-refractivity contribution in [2.75, 3.05) is 18.1 Å². The molecule has 7 heteroatoms. The summed E-state index contributed by atoms with van der Waals surface area (Å²) in [5.74, 6) is -0.643. The van der Waals surface area contributed by atoms with E-state index in [1.807, 2.05) is 32.0 Å². The van der Waals surface area contributed by atoms with Gasteiger partial charge in [0.15, 0.2) is 0 Å². The molecule has 1 N–H and O–H groups in total. The summed E-state index contributed by atoms with van der Waals surface area (Å²) in [6, 6.07) is 11.3. The highest BCUT2D eigenvalue weighted by Crippen LogP contribution is 2.15. The molecule has 0 atom stereocenters. The number of hydrogen-bond donors (Lipinski definition) is 1. The minimum atomic E-state index is -3.50. The molecule has 0 aromatic heterocycles. The predicted octanol–water partition coefficient (Wildman–Crippen LogP) is 3.23. The highest BCUT2D eigenvalue weighted by molar-refractivity contribution is 7.88. The number of anilines is 1. The summed E-state index contributed by atoms with van der Waals surface area (Å²) < 4.78 is 38.2. The molecular weight excluding hydrogens is 355 g/mol. The summed E-state index contributed by atoms with van der Waals surface area (Å²) in [4.78, 5) is 12.2. The maximum atomic E-state index is 13.0. The average molecular weight is 378 g/mol. The molecule has 26 heavy (non-hydrogen) atoms. The van der Waals surface area contributed by atoms with Gasteiger partial charge in [0.2, 0.25) is 15.9 Å². The van der Waals surface area contributed by atoms with Gasteiger partial charge in [0.25, 0.3) is 0 Å². The molecule has 0 bridgehead atoms. The molecule has 0 heterocycles. The summed E-state index contributed by atoms with van der Waals surface area (Å²) in [6.45, 7) is 4.02. The van der Waals surface area contributed by atoms with Crippen LogP contribution in [0.15, 0.2) is 42.5 Å². The minimum Gasteiger partial charge on any atom is -0.326 e. The van der Waals surface area contributed by atoms with E-state index in [9.17, 15) is 17.6 Å². The van der Waals surface area contributed by atoms with E-state index in [1.54, 1.807) is 0 Å². The fourth-order valence-corrected chi connectivity index (χ4v) is 3.46. The van der Waals surface area contributed by atoms with Gasteiger partial charge in [0.05, 0.1) is 6.26 Å². The fourth-order valence-electron chi connectivity index (χ4n) is 2.65. The maximum absolute atomic E-state index is 13.0. The Morgan fingerprint density at radius 2 is 1.65 bits per heavy atom. The number of hydrogen-bond acceptors (Lipinski definition) is 3. The third kappa shape index (κ3) is 6.24. The van der Waals surface area contributed by atoms with Crippen LogP contribution in [0.5, 0.6) is 0 Å². The van der Waals surface area contributed by atoms with Crippen LogP contribution in [0.4, 0.5) is 10.1 Å². The van der Waals surface area contributed by atoms with Gasteiger partial charge in [-0.1, -0.05) is 18.2 Å². The zero-order valence-corrected chi connectivity index (χ0v) is 15.9. The van der Waals surface area contributed by atoms with Crippen molar-refractivity contribution in [3.8, 4) is 0 Å². The van der Waals surface area contributed by atoms with Crippen LogP contribution in [-0.4, -0.2) is 31.4 Å². The Labute approximate surface area is 153 Å². The number of carbonyl (C=O) groups is 1. The zero-order valence-electron chi connectivity index (χ0n) is 15.1. The Morgan fingerprint density at radius 3 is 2.19 bits per heavy atom. The van der Waals surface area contributed by atoms with Crippen LogP contribution in [0.2, 0.25) is 0 Å². The lowest BCUT2D eigenvalue weighted by Crippen LogP contribution is -2.32. The van der Waals surface area contributed by atoms with E-state index >= 15 is 0 Å². The van der Waals surface area contributed by atoms with E-state index in [1.165, 1.54) is 28.6 Å². The van der Waals surface area contributed by atoms with Crippen LogP contribution < -0.4 is 5.32 Å². The third-order valence-electron chi connectivity index (χ3n) is 3.83. The van der Waals surface area contributed by atoms with Crippen LogP contribution >= 0.6 is 0 Å². The van der Waals surface area contributed by atoms with Gasteiger partial charge >= 0.3 is 0 Å². The van der Waals surface area contributed by atoms with Crippen molar-refractivity contribution in [2.24, 2.45) is 0 Å². The molecule has 2 rings (SSSR count). The minimum absolute atomic E-state index is 0.0290. The molecule has 2 aromatic rings. The van der Waals surface area contributed by atoms with E-state index in [0.717, 1.165) is 17.4 Å². The van der Waals surface area contributed by atoms with Gasteiger partial charge in [0.1, 0.15) is 5.82 Å². The average Bonchev–Trinajstić information content (AvgIpc) is 2.51. The SMILES string of the molecule is Cc1cc(C)cc(NC(=O)CCN(Cc2ccc(F)cc2)S(C)(=O)=O)c1. The lowest BCUT2D eigenvalue weighted by atomic mass is 10.1. The van der Waals surface area contributed by atoms with E-state index in [0.29, 0.717) is 11.3 Å². The number of nitrogens with one attached hydrogen (secondary N) is 1. The normalized spacial score (nSPS) is 11.6. The van der Waals surface area contributed by atoms with Crippen molar-refractivity contribution in [1.29, 1.82) is 0 Å². The zero-order chi connectivity index (χ0) is 19.3. The smallest absolute Gasteiger partial charge is 0.225 e. The number of benzene rings is 2. The number of sulfonamides is 1. The number of carbonyl (C=O) groups excluding carboxylic acids is 1. The number of rotatable bonds is 7. The van der Waals surface area contributed by atoms with Crippen molar-refractivity contribution in [2.45, 2.75) is 26.8 Å². The van der Waals surface area contributed by atoms with Gasteiger partial charge < -0.3 is 5.32 Å². The van der Waals surface area contributed by atoms with E-state index < -0.39 is 10.0 Å². The van der Waals surface area contributed by atoms with Crippen LogP contribution in [0.25, 0.3) is 0 Å². The largest absolute Gasteiger partial charge is 0.326 e. The van der Waals surface area contributed by atoms with Gasteiger partial charge in [-0.05, 0) is 54.8 Å². The van der Waals surface area contributed by atoms with E-state index in [2.05, 4.69) is 5.32 Å². The Hall–Kier alpha value is -2.25. The Balaban J connectivity index is 2.00. The Bertz CT molecular complexity index is 860. The van der Waals surface area contributed by atoms with Crippen LogP contribution in [0.3, 0.4) is 0 Å². The first-order chi connectivity index (χ1) is 12.1. The van der Waals surface area contributed by atoms with Crippen LogP contribution in [0, 0.1) is 19.7 Å². The molecule has 1 amide bonds. The van der Waals surface area contributed by atoms with Gasteiger partial charge in [-0.15, -0.1) is 0 Å². The number of halogens is 1. The predicted molar refractivity (Wildman–Crippen MR) is 101 cm³/mol. The molecular formula is C19H23FN2O3S. The molecule has 0 fully saturated rings. The van der Waals surface area contributed by atoms with Crippen LogP contribution in [-0.2, 0) is 21.4 Å². The van der Waals surface area contributed by atoms with E-state index in [4.69, 9.17) is 0 Å². The molecule has 0 spiro atoms. The fraction of sp³-hybridized carbons (Fsp3) is 0.316. The molecule has 0 unspecified atom stereocenters. The number of nitrogens with zero attached hydrogens (tertiary/aromatic N) is 1. The lowest BCUT2D eigenvalue weighted by Gasteiger charge is -2.20. The van der Waals surface area contributed by atoms with Crippen molar-refractivity contribution in [3.63, 3.8) is 0 Å². The Morgan fingerprint density at radius 1 is 1.08 bits per heavy atom. The highest BCUT2D eigenvalue weighted by atomic mass is 32.2. The van der Waals surface area contributed by atoms with Crippen molar-refractivity contribution in [1.82, 2.24) is 4.31 Å². The molecule has 0 radical (unpaired) electrons. The topological polar surface area (TPSA) is 66.5 Å². The molecule has 0 aliphatic carbocycles. The van der Waals surface area contributed by atoms with Crippen molar-refractivity contribution in [3.05, 3.63) is 65.0 Å². The van der Waals surface area contributed by atoms with Crippen LogP contribution in [0.1, 0.15) is 23.1 Å². The highest BCUT2D eigenvalue weighted by Gasteiger charge is 2.18. The van der Waals surface area contributed by atoms with Crippen molar-refractivity contribution >= 4 is 21.6 Å². The van der Waals surface area contributed by atoms with Gasteiger partial charge in [-0.3, -0.25) is 4.79 Å². The second kappa shape index (κ2) is 8.42. The van der Waals surface area contributed by atoms with Gasteiger partial charge in [-0.25, -0.2) is 12.8 Å². The maximum Gasteiger partial charge on any atom is 0.225 e. The lowest BCUT2D eigenvalue weighted by molar-refractivity contribution is -0.116. The quantitative estimate of drug-likeness (QED) is 0.804. The summed E-state index contributed by atoms with van der Waals surface area (Å²) in [5.41, 5.74) is 3.42. The first-order valence-corrected chi connectivity index (χ1v) is 10.1. The molecule has 0 aliphatic rings. The second-order valence-electron chi connectivity index (χ2n) is 6.40. The second-order valence-corrected chi connectivity index (χ2v) is 8.38. The van der Waals surface area contributed by atoms with Gasteiger partial charge in [-0.2, -0.15) is 4.31 Å². The van der Waals surface area contributed by atoms with Crippen molar-refractivity contribution < 1.29 is 17.6 Å². The molecule has 0 saturated carbocycles. The Kier molecular flexibility index (Phi) is 6.50. The first kappa shape index (κ1) is 20.1. The summed E-state index contributed by atoms with van der Waals surface area (Å²) in [6.07, 6.45) is 1.12. The monoisotopic (exact) mass is 378 g/mol. The summed E-state index contributed by atoms with van der Waals surface area (Å²) in [5, 5.41) is 2.79. The summed E-state index contributed by atoms with van der Waals surface area (Å²) in [7, 11) is -3.50. The third-order valence-corrected chi connectivity index (χ3v) is 5.08. The standard InChI is InChI=1S/C19H23FN2O3S/c1-14-10-15(2)12-18(11-14)21-19(23)8-9-22(26(3,24)25)13-16-4-6-17(20)7-5-16/h4-7,10-12H,8-9,13H2,1-3H3,(H,21,23). The van der Waals surface area contributed by atoms with Gasteiger partial charge in [0, 0.05) is 25.2 Å². The summed E-state index contributed by atoms with van der Waals surface area (Å²) >= 11 is 0. The molecule has 0 aliphatic heterocycles.